The van der Waals surface area contributed by atoms with Gasteiger partial charge in [-0.3, -0.25) is 0 Å². The van der Waals surface area contributed by atoms with Crippen molar-refractivity contribution in [3.63, 3.8) is 0 Å². The van der Waals surface area contributed by atoms with Crippen LogP contribution >= 0.6 is 0 Å². The predicted molar refractivity (Wildman–Crippen MR) is 63.9 cm³/mol. The number of nitrogens with one attached hydrogen (secondary N) is 1. The monoisotopic (exact) mass is 201 g/mol. The third kappa shape index (κ3) is 3.69. The van der Waals surface area contributed by atoms with Crippen LogP contribution in [0.3, 0.4) is 0 Å². The molecular formula is C9H23NSi2. The maximum absolute atomic E-state index is 3.89. The molecule has 0 unspecified atom stereocenters. The molecular weight excluding hydrogens is 178 g/mol. The fraction of sp³-hybridized carbons (Fsp3) is 0.778. The maximum Gasteiger partial charge on any atom is 0.117 e. The lowest BCUT2D eigenvalue weighted by Gasteiger charge is -2.29. The van der Waals surface area contributed by atoms with E-state index in [9.17, 15) is 0 Å². The quantitative estimate of drug-likeness (QED) is 0.378. The molecule has 0 bridgehead atoms. The van der Waals surface area contributed by atoms with Gasteiger partial charge in [0.25, 0.3) is 0 Å². The molecule has 0 saturated heterocycles. The van der Waals surface area contributed by atoms with E-state index in [0.717, 1.165) is 0 Å². The molecule has 0 aliphatic heterocycles. The highest BCUT2D eigenvalue weighted by atomic mass is 28.4. The molecule has 0 aliphatic carbocycles. The number of allylic oxidation sites excluding steroid dienone is 1. The zero-order valence-electron chi connectivity index (χ0n) is 8.82. The first-order valence-electron chi connectivity index (χ1n) is 5.10. The zero-order chi connectivity index (χ0) is 9.45. The minimum atomic E-state index is -0.991. The summed E-state index contributed by atoms with van der Waals surface area (Å²) in [5, 5.41) is 0. The molecule has 1 nitrogen and oxygen atoms in total. The van der Waals surface area contributed by atoms with E-state index in [-0.39, 0.29) is 9.68 Å². The Balaban J connectivity index is 3.84. The van der Waals surface area contributed by atoms with Gasteiger partial charge in [0.15, 0.2) is 0 Å². The molecule has 0 heterocycles. The molecule has 0 aliphatic rings. The number of hydrogen-bond acceptors (Lipinski definition) is 1. The number of hydrogen-bond donors (Lipinski definition) is 1. The first-order chi connectivity index (χ1) is 5.74. The second-order valence-corrected chi connectivity index (χ2v) is 10.5. The van der Waals surface area contributed by atoms with Gasteiger partial charge >= 0.3 is 0 Å². The van der Waals surface area contributed by atoms with E-state index >= 15 is 0 Å². The van der Waals surface area contributed by atoms with Gasteiger partial charge in [0.05, 0.1) is 9.68 Å². The van der Waals surface area contributed by atoms with Crippen LogP contribution in [-0.4, -0.2) is 17.9 Å². The van der Waals surface area contributed by atoms with Crippen molar-refractivity contribution in [2.24, 2.45) is 0 Å². The van der Waals surface area contributed by atoms with E-state index in [2.05, 4.69) is 38.1 Å². The molecule has 0 radical (unpaired) electrons. The Labute approximate surface area is 80.6 Å². The highest BCUT2D eigenvalue weighted by Gasteiger charge is 2.25. The van der Waals surface area contributed by atoms with Gasteiger partial charge in [-0.1, -0.05) is 26.8 Å². The van der Waals surface area contributed by atoms with Crippen LogP contribution < -0.4 is 4.65 Å². The van der Waals surface area contributed by atoms with Crippen molar-refractivity contribution in [1.29, 1.82) is 0 Å². The van der Waals surface area contributed by atoms with Gasteiger partial charge in [0, 0.05) is 0 Å². The Morgan fingerprint density at radius 3 is 2.08 bits per heavy atom. The highest BCUT2D eigenvalue weighted by Crippen LogP contribution is 2.15. The van der Waals surface area contributed by atoms with Gasteiger partial charge in [0.2, 0.25) is 0 Å². The van der Waals surface area contributed by atoms with Crippen LogP contribution in [0.2, 0.25) is 24.2 Å². The van der Waals surface area contributed by atoms with Gasteiger partial charge in [-0.25, -0.2) is 0 Å². The smallest absolute Gasteiger partial charge is 0.117 e. The van der Waals surface area contributed by atoms with E-state index in [4.69, 9.17) is 0 Å². The fourth-order valence-corrected chi connectivity index (χ4v) is 8.97. The molecule has 0 spiro atoms. The topological polar surface area (TPSA) is 12.0 Å². The van der Waals surface area contributed by atoms with Crippen LogP contribution in [0.1, 0.15) is 20.8 Å². The molecule has 1 N–H and O–H groups in total. The van der Waals surface area contributed by atoms with Crippen molar-refractivity contribution >= 4 is 17.9 Å². The SMILES string of the molecule is C=CC[SiH2]N[Si](CC)(CC)CC. The Kier molecular flexibility index (Phi) is 6.70. The minimum Gasteiger partial charge on any atom is -0.364 e. The van der Waals surface area contributed by atoms with Crippen molar-refractivity contribution in [3.05, 3.63) is 12.7 Å². The standard InChI is InChI=1S/C9H23NSi2/c1-5-9-11-10-12(6-2,7-3)8-4/h5,10H,1,6-9,11H2,2-4H3. The van der Waals surface area contributed by atoms with E-state index in [1.54, 1.807) is 0 Å². The normalized spacial score (nSPS) is 12.6. The van der Waals surface area contributed by atoms with Crippen LogP contribution in [0, 0.1) is 0 Å². The summed E-state index contributed by atoms with van der Waals surface area (Å²) in [6.07, 6.45) is 2.05. The minimum absolute atomic E-state index is 0.0321. The molecule has 0 aromatic heterocycles. The molecule has 0 aromatic rings. The summed E-state index contributed by atoms with van der Waals surface area (Å²) >= 11 is 0. The third-order valence-corrected chi connectivity index (χ3v) is 11.6. The fourth-order valence-electron chi connectivity index (χ4n) is 1.56. The van der Waals surface area contributed by atoms with Crippen LogP contribution in [-0.2, 0) is 0 Å². The van der Waals surface area contributed by atoms with Crippen molar-refractivity contribution in [1.82, 2.24) is 4.65 Å². The molecule has 0 saturated carbocycles. The summed E-state index contributed by atoms with van der Waals surface area (Å²) in [7, 11) is -1.02. The van der Waals surface area contributed by atoms with E-state index < -0.39 is 8.24 Å². The van der Waals surface area contributed by atoms with Crippen LogP contribution in [0.5, 0.6) is 0 Å². The second-order valence-electron chi connectivity index (χ2n) is 3.35. The Morgan fingerprint density at radius 1 is 1.25 bits per heavy atom. The predicted octanol–water partition coefficient (Wildman–Crippen LogP) is 2.27. The summed E-state index contributed by atoms with van der Waals surface area (Å²) in [6.45, 7) is 10.8. The molecule has 0 rings (SSSR count). The van der Waals surface area contributed by atoms with Crippen LogP contribution in [0.4, 0.5) is 0 Å². The summed E-state index contributed by atoms with van der Waals surface area (Å²) in [5.41, 5.74) is 0. The van der Waals surface area contributed by atoms with Crippen molar-refractivity contribution in [2.75, 3.05) is 0 Å². The highest BCUT2D eigenvalue weighted by molar-refractivity contribution is 6.82. The van der Waals surface area contributed by atoms with Crippen LogP contribution in [0.25, 0.3) is 0 Å². The lowest BCUT2D eigenvalue weighted by molar-refractivity contribution is 1.10. The van der Waals surface area contributed by atoms with Crippen molar-refractivity contribution in [3.8, 4) is 0 Å². The molecule has 0 amide bonds. The van der Waals surface area contributed by atoms with Gasteiger partial charge in [0.1, 0.15) is 8.24 Å². The second kappa shape index (κ2) is 6.63. The van der Waals surface area contributed by atoms with Gasteiger partial charge in [-0.05, 0) is 24.2 Å². The largest absolute Gasteiger partial charge is 0.364 e. The first-order valence-corrected chi connectivity index (χ1v) is 9.43. The molecule has 0 aromatic carbocycles. The van der Waals surface area contributed by atoms with E-state index in [1.165, 1.54) is 24.2 Å². The lowest BCUT2D eigenvalue weighted by atomic mass is 10.8. The molecule has 72 valence electrons. The maximum atomic E-state index is 3.89. The average molecular weight is 201 g/mol. The van der Waals surface area contributed by atoms with Gasteiger partial charge in [-0.15, -0.1) is 6.58 Å². The average Bonchev–Trinajstić information content (AvgIpc) is 2.14. The van der Waals surface area contributed by atoms with E-state index in [0.29, 0.717) is 0 Å². The van der Waals surface area contributed by atoms with Crippen molar-refractivity contribution in [2.45, 2.75) is 44.9 Å². The van der Waals surface area contributed by atoms with Gasteiger partial charge in [-0.2, -0.15) is 0 Å². The number of rotatable bonds is 7. The molecule has 3 heteroatoms. The van der Waals surface area contributed by atoms with Crippen molar-refractivity contribution < 1.29 is 0 Å². The summed E-state index contributed by atoms with van der Waals surface area (Å²) in [6, 6.07) is 5.42. The van der Waals surface area contributed by atoms with Crippen LogP contribution in [0.15, 0.2) is 12.7 Å². The summed E-state index contributed by atoms with van der Waals surface area (Å²) in [5.74, 6) is 0. The molecule has 0 atom stereocenters. The Bertz CT molecular complexity index is 113. The first kappa shape index (κ1) is 12.1. The lowest BCUT2D eigenvalue weighted by Crippen LogP contribution is -2.50. The van der Waals surface area contributed by atoms with E-state index in [1.807, 2.05) is 0 Å². The Hall–Kier alpha value is 0.134. The zero-order valence-corrected chi connectivity index (χ0v) is 11.2. The third-order valence-electron chi connectivity index (χ3n) is 2.88. The molecule has 12 heavy (non-hydrogen) atoms. The summed E-state index contributed by atoms with van der Waals surface area (Å²) < 4.78 is 3.89. The van der Waals surface area contributed by atoms with Gasteiger partial charge < -0.3 is 4.65 Å². The summed E-state index contributed by atoms with van der Waals surface area (Å²) in [4.78, 5) is 0. The Morgan fingerprint density at radius 2 is 1.75 bits per heavy atom. The molecule has 0 fully saturated rings.